The second-order valence-electron chi connectivity index (χ2n) is 5.01. The molecule has 0 fully saturated rings. The summed E-state index contributed by atoms with van der Waals surface area (Å²) in [6, 6.07) is 14.3. The Bertz CT molecular complexity index is 732. The summed E-state index contributed by atoms with van der Waals surface area (Å²) in [7, 11) is 0. The lowest BCUT2D eigenvalue weighted by molar-refractivity contribution is 0.867. The van der Waals surface area contributed by atoms with Crippen LogP contribution < -0.4 is 5.32 Å². The third-order valence-corrected chi connectivity index (χ3v) is 4.64. The monoisotopic (exact) mass is 302 g/mol. The Balaban J connectivity index is 1.87. The van der Waals surface area contributed by atoms with E-state index in [4.69, 9.17) is 11.6 Å². The van der Waals surface area contributed by atoms with Gasteiger partial charge in [0.15, 0.2) is 5.13 Å². The van der Waals surface area contributed by atoms with E-state index >= 15 is 0 Å². The average molecular weight is 303 g/mol. The van der Waals surface area contributed by atoms with Gasteiger partial charge in [-0.15, -0.1) is 0 Å². The number of thiazole rings is 1. The molecule has 0 unspecified atom stereocenters. The molecule has 1 heterocycles. The van der Waals surface area contributed by atoms with E-state index in [0.29, 0.717) is 5.92 Å². The van der Waals surface area contributed by atoms with E-state index in [1.807, 2.05) is 18.2 Å². The van der Waals surface area contributed by atoms with Crippen molar-refractivity contribution >= 4 is 44.0 Å². The number of nitrogens with zero attached hydrogens (tertiary/aromatic N) is 1. The lowest BCUT2D eigenvalue weighted by Crippen LogP contribution is -1.91. The number of anilines is 2. The summed E-state index contributed by atoms with van der Waals surface area (Å²) in [6.45, 7) is 4.38. The highest BCUT2D eigenvalue weighted by Gasteiger charge is 2.07. The molecule has 0 aliphatic rings. The molecule has 0 atom stereocenters. The number of benzene rings is 2. The Morgan fingerprint density at radius 2 is 1.85 bits per heavy atom. The molecule has 2 nitrogen and oxygen atoms in total. The smallest absolute Gasteiger partial charge is 0.188 e. The zero-order valence-electron chi connectivity index (χ0n) is 11.4. The Morgan fingerprint density at radius 3 is 2.50 bits per heavy atom. The molecule has 1 N–H and O–H groups in total. The van der Waals surface area contributed by atoms with E-state index in [1.54, 1.807) is 11.3 Å². The van der Waals surface area contributed by atoms with Crippen molar-refractivity contribution in [3.63, 3.8) is 0 Å². The maximum Gasteiger partial charge on any atom is 0.188 e. The van der Waals surface area contributed by atoms with Gasteiger partial charge < -0.3 is 5.32 Å². The van der Waals surface area contributed by atoms with Crippen molar-refractivity contribution in [2.24, 2.45) is 0 Å². The van der Waals surface area contributed by atoms with Gasteiger partial charge in [0.1, 0.15) is 0 Å². The molecule has 20 heavy (non-hydrogen) atoms. The molecule has 3 aromatic rings. The number of fused-ring (bicyclic) bond motifs is 1. The number of rotatable bonds is 3. The molecule has 3 rings (SSSR count). The van der Waals surface area contributed by atoms with E-state index in [2.05, 4.69) is 48.4 Å². The summed E-state index contributed by atoms with van der Waals surface area (Å²) in [5, 5.41) is 4.95. The number of aromatic nitrogens is 1. The summed E-state index contributed by atoms with van der Waals surface area (Å²) in [5.74, 6) is 0.547. The van der Waals surface area contributed by atoms with Gasteiger partial charge in [-0.1, -0.05) is 55.0 Å². The molecule has 0 saturated carbocycles. The highest BCUT2D eigenvalue weighted by atomic mass is 35.5. The van der Waals surface area contributed by atoms with Crippen LogP contribution in [0.25, 0.3) is 10.2 Å². The second-order valence-corrected chi connectivity index (χ2v) is 6.42. The first-order chi connectivity index (χ1) is 9.63. The molecule has 0 saturated heterocycles. The standard InChI is InChI=1S/C16H15ClN2S/c1-10(2)11-6-8-12(9-7-11)18-16-19-14-5-3-4-13(17)15(14)20-16/h3-10H,1-2H3,(H,18,19). The van der Waals surface area contributed by atoms with Gasteiger partial charge in [0.2, 0.25) is 0 Å². The van der Waals surface area contributed by atoms with Crippen LogP contribution in [-0.4, -0.2) is 4.98 Å². The molecule has 4 heteroatoms. The largest absolute Gasteiger partial charge is 0.332 e. The van der Waals surface area contributed by atoms with Gasteiger partial charge in [0, 0.05) is 5.69 Å². The minimum Gasteiger partial charge on any atom is -0.332 e. The van der Waals surface area contributed by atoms with Crippen LogP contribution in [0.15, 0.2) is 42.5 Å². The molecule has 0 spiro atoms. The van der Waals surface area contributed by atoms with Crippen molar-refractivity contribution in [3.8, 4) is 0 Å². The van der Waals surface area contributed by atoms with Crippen LogP contribution in [-0.2, 0) is 0 Å². The lowest BCUT2D eigenvalue weighted by Gasteiger charge is -2.07. The minimum atomic E-state index is 0.547. The third kappa shape index (κ3) is 2.65. The van der Waals surface area contributed by atoms with Crippen LogP contribution in [0.1, 0.15) is 25.3 Å². The third-order valence-electron chi connectivity index (χ3n) is 3.20. The quantitative estimate of drug-likeness (QED) is 0.659. The van der Waals surface area contributed by atoms with Crippen LogP contribution in [0.3, 0.4) is 0 Å². The van der Waals surface area contributed by atoms with E-state index < -0.39 is 0 Å². The van der Waals surface area contributed by atoms with Crippen LogP contribution >= 0.6 is 22.9 Å². The molecule has 2 aromatic carbocycles. The fraction of sp³-hybridized carbons (Fsp3) is 0.188. The zero-order chi connectivity index (χ0) is 14.1. The summed E-state index contributed by atoms with van der Waals surface area (Å²) >= 11 is 7.75. The van der Waals surface area contributed by atoms with Crippen molar-refractivity contribution in [3.05, 3.63) is 53.1 Å². The van der Waals surface area contributed by atoms with Crippen molar-refractivity contribution in [1.29, 1.82) is 0 Å². The Kier molecular flexibility index (Phi) is 3.64. The maximum absolute atomic E-state index is 6.17. The fourth-order valence-electron chi connectivity index (χ4n) is 2.04. The van der Waals surface area contributed by atoms with Gasteiger partial charge in [-0.3, -0.25) is 0 Å². The molecule has 0 radical (unpaired) electrons. The van der Waals surface area contributed by atoms with Crippen LogP contribution in [0, 0.1) is 0 Å². The van der Waals surface area contributed by atoms with E-state index in [1.165, 1.54) is 5.56 Å². The Morgan fingerprint density at radius 1 is 1.10 bits per heavy atom. The molecule has 0 amide bonds. The van der Waals surface area contributed by atoms with Crippen LogP contribution in [0.5, 0.6) is 0 Å². The summed E-state index contributed by atoms with van der Waals surface area (Å²) in [5.41, 5.74) is 3.32. The predicted octanol–water partition coefficient (Wildman–Crippen LogP) is 5.82. The first-order valence-electron chi connectivity index (χ1n) is 6.55. The fourth-order valence-corrected chi connectivity index (χ4v) is 3.22. The van der Waals surface area contributed by atoms with Crippen molar-refractivity contribution in [2.45, 2.75) is 19.8 Å². The molecule has 0 aliphatic carbocycles. The molecule has 0 bridgehead atoms. The van der Waals surface area contributed by atoms with E-state index in [0.717, 1.165) is 26.1 Å². The van der Waals surface area contributed by atoms with Gasteiger partial charge in [-0.25, -0.2) is 4.98 Å². The number of halogens is 1. The number of nitrogens with one attached hydrogen (secondary N) is 1. The van der Waals surface area contributed by atoms with Gasteiger partial charge in [-0.05, 0) is 35.7 Å². The van der Waals surface area contributed by atoms with Crippen molar-refractivity contribution < 1.29 is 0 Å². The first-order valence-corrected chi connectivity index (χ1v) is 7.75. The molecule has 0 aliphatic heterocycles. The van der Waals surface area contributed by atoms with Gasteiger partial charge in [0.25, 0.3) is 0 Å². The van der Waals surface area contributed by atoms with Gasteiger partial charge in [0.05, 0.1) is 15.2 Å². The lowest BCUT2D eigenvalue weighted by atomic mass is 10.0. The number of hydrogen-bond donors (Lipinski definition) is 1. The Hall–Kier alpha value is -1.58. The van der Waals surface area contributed by atoms with Gasteiger partial charge >= 0.3 is 0 Å². The van der Waals surface area contributed by atoms with Crippen LogP contribution in [0.2, 0.25) is 5.02 Å². The summed E-state index contributed by atoms with van der Waals surface area (Å²) in [4.78, 5) is 4.55. The topological polar surface area (TPSA) is 24.9 Å². The minimum absolute atomic E-state index is 0.547. The SMILES string of the molecule is CC(C)c1ccc(Nc2nc3cccc(Cl)c3s2)cc1. The highest BCUT2D eigenvalue weighted by Crippen LogP contribution is 2.33. The molecule has 1 aromatic heterocycles. The van der Waals surface area contributed by atoms with Gasteiger partial charge in [-0.2, -0.15) is 0 Å². The summed E-state index contributed by atoms with van der Waals surface area (Å²) in [6.07, 6.45) is 0. The first kappa shape index (κ1) is 13.4. The number of hydrogen-bond acceptors (Lipinski definition) is 3. The van der Waals surface area contributed by atoms with E-state index in [-0.39, 0.29) is 0 Å². The van der Waals surface area contributed by atoms with Crippen molar-refractivity contribution in [2.75, 3.05) is 5.32 Å². The predicted molar refractivity (Wildman–Crippen MR) is 88.4 cm³/mol. The van der Waals surface area contributed by atoms with E-state index in [9.17, 15) is 0 Å². The normalized spacial score (nSPS) is 11.2. The highest BCUT2D eigenvalue weighted by molar-refractivity contribution is 7.22. The Labute approximate surface area is 127 Å². The second kappa shape index (κ2) is 5.43. The average Bonchev–Trinajstić information content (AvgIpc) is 2.83. The molecule has 102 valence electrons. The molecular weight excluding hydrogens is 288 g/mol. The maximum atomic E-state index is 6.17. The van der Waals surface area contributed by atoms with Crippen molar-refractivity contribution in [1.82, 2.24) is 4.98 Å². The summed E-state index contributed by atoms with van der Waals surface area (Å²) < 4.78 is 1.02. The zero-order valence-corrected chi connectivity index (χ0v) is 12.9. The molecular formula is C16H15ClN2S. The van der Waals surface area contributed by atoms with Crippen LogP contribution in [0.4, 0.5) is 10.8 Å².